The van der Waals surface area contributed by atoms with Crippen molar-refractivity contribution in [2.24, 2.45) is 0 Å². The lowest BCUT2D eigenvalue weighted by molar-refractivity contribution is 0.0747. The molecule has 4 heteroatoms. The number of halogens is 1. The number of carbonyl (C=O) groups excluding carboxylic acids is 1. The number of rotatable bonds is 4. The van der Waals surface area contributed by atoms with Crippen LogP contribution in [0.15, 0.2) is 54.6 Å². The molecule has 0 unspecified atom stereocenters. The van der Waals surface area contributed by atoms with Crippen LogP contribution in [0.2, 0.25) is 0 Å². The molecule has 3 rings (SSSR count). The van der Waals surface area contributed by atoms with Crippen LogP contribution in [-0.2, 0) is 6.54 Å². The maximum atomic E-state index is 13.3. The van der Waals surface area contributed by atoms with Crippen molar-refractivity contribution >= 4 is 16.8 Å². The molecule has 1 amide bonds. The van der Waals surface area contributed by atoms with Crippen molar-refractivity contribution in [3.05, 3.63) is 71.7 Å². The number of benzene rings is 2. The minimum Gasteiger partial charge on any atom is -0.351 e. The van der Waals surface area contributed by atoms with Crippen LogP contribution in [0, 0.1) is 5.82 Å². The smallest absolute Gasteiger partial charge is 0.270 e. The van der Waals surface area contributed by atoms with E-state index in [0.29, 0.717) is 24.2 Å². The molecule has 1 aromatic heterocycles. The molecule has 22 heavy (non-hydrogen) atoms. The van der Waals surface area contributed by atoms with Crippen LogP contribution in [0.5, 0.6) is 0 Å². The van der Waals surface area contributed by atoms with Crippen LogP contribution >= 0.6 is 0 Å². The van der Waals surface area contributed by atoms with Crippen LogP contribution in [0.4, 0.5) is 4.39 Å². The largest absolute Gasteiger partial charge is 0.351 e. The van der Waals surface area contributed by atoms with E-state index in [4.69, 9.17) is 0 Å². The summed E-state index contributed by atoms with van der Waals surface area (Å²) < 4.78 is 13.3. The number of amides is 1. The van der Waals surface area contributed by atoms with Gasteiger partial charge in [-0.15, -0.1) is 0 Å². The van der Waals surface area contributed by atoms with Crippen LogP contribution in [0.3, 0.4) is 0 Å². The molecule has 0 atom stereocenters. The molecule has 112 valence electrons. The Kier molecular flexibility index (Phi) is 3.92. The quantitative estimate of drug-likeness (QED) is 0.777. The molecule has 0 saturated carbocycles. The Morgan fingerprint density at radius 2 is 1.91 bits per heavy atom. The van der Waals surface area contributed by atoms with Crippen molar-refractivity contribution in [3.8, 4) is 0 Å². The molecule has 0 bridgehead atoms. The van der Waals surface area contributed by atoms with Gasteiger partial charge in [-0.25, -0.2) is 4.39 Å². The molecule has 1 N–H and O–H groups in total. The monoisotopic (exact) mass is 296 g/mol. The van der Waals surface area contributed by atoms with Crippen LogP contribution in [-0.4, -0.2) is 22.3 Å². The normalized spacial score (nSPS) is 10.8. The molecule has 0 spiro atoms. The molecule has 0 fully saturated rings. The van der Waals surface area contributed by atoms with Crippen molar-refractivity contribution in [2.75, 3.05) is 6.54 Å². The molecule has 3 aromatic rings. The van der Waals surface area contributed by atoms with Gasteiger partial charge in [-0.2, -0.15) is 0 Å². The van der Waals surface area contributed by atoms with Gasteiger partial charge >= 0.3 is 0 Å². The lowest BCUT2D eigenvalue weighted by Gasteiger charge is -2.20. The second-order valence-corrected chi connectivity index (χ2v) is 5.22. The van der Waals surface area contributed by atoms with E-state index in [1.165, 1.54) is 12.1 Å². The Bertz CT molecular complexity index is 795. The van der Waals surface area contributed by atoms with Gasteiger partial charge in [0.1, 0.15) is 11.5 Å². The zero-order chi connectivity index (χ0) is 15.5. The number of aromatic amines is 1. The zero-order valence-electron chi connectivity index (χ0n) is 12.3. The second-order valence-electron chi connectivity index (χ2n) is 5.22. The summed E-state index contributed by atoms with van der Waals surface area (Å²) in [5.41, 5.74) is 2.33. The number of H-pyrrole nitrogens is 1. The molecule has 0 aliphatic carbocycles. The number of hydrogen-bond donors (Lipinski definition) is 1. The highest BCUT2D eigenvalue weighted by Gasteiger charge is 2.17. The minimum atomic E-state index is -0.304. The first-order valence-electron chi connectivity index (χ1n) is 7.29. The summed E-state index contributed by atoms with van der Waals surface area (Å²) in [5, 5.41) is 0.708. The summed E-state index contributed by atoms with van der Waals surface area (Å²) >= 11 is 0. The van der Waals surface area contributed by atoms with E-state index in [1.54, 1.807) is 17.0 Å². The van der Waals surface area contributed by atoms with Gasteiger partial charge in [0.15, 0.2) is 0 Å². The van der Waals surface area contributed by atoms with Gasteiger partial charge in [-0.1, -0.05) is 30.3 Å². The predicted molar refractivity (Wildman–Crippen MR) is 85.1 cm³/mol. The average molecular weight is 296 g/mol. The summed E-state index contributed by atoms with van der Waals surface area (Å²) in [6, 6.07) is 16.0. The number of carbonyl (C=O) groups is 1. The third kappa shape index (κ3) is 2.86. The van der Waals surface area contributed by atoms with Crippen molar-refractivity contribution in [3.63, 3.8) is 0 Å². The topological polar surface area (TPSA) is 36.1 Å². The Balaban J connectivity index is 1.86. The third-order valence-corrected chi connectivity index (χ3v) is 3.70. The molecule has 0 radical (unpaired) electrons. The number of nitrogens with zero attached hydrogens (tertiary/aromatic N) is 1. The lowest BCUT2D eigenvalue weighted by atomic mass is 10.2. The summed E-state index contributed by atoms with van der Waals surface area (Å²) in [5.74, 6) is -0.384. The van der Waals surface area contributed by atoms with E-state index in [-0.39, 0.29) is 11.7 Å². The van der Waals surface area contributed by atoms with Gasteiger partial charge in [-0.05, 0) is 36.8 Å². The van der Waals surface area contributed by atoms with E-state index in [0.717, 1.165) is 11.1 Å². The van der Waals surface area contributed by atoms with E-state index < -0.39 is 0 Å². The maximum absolute atomic E-state index is 13.3. The first kappa shape index (κ1) is 14.3. The number of aromatic nitrogens is 1. The molecule has 0 aliphatic heterocycles. The third-order valence-electron chi connectivity index (χ3n) is 3.70. The van der Waals surface area contributed by atoms with E-state index >= 15 is 0 Å². The standard InChI is InChI=1S/C18H17FN2O/c1-2-21(12-13-6-4-3-5-7-13)18(22)17-11-14-10-15(19)8-9-16(14)20-17/h3-11,20H,2,12H2,1H3. The average Bonchev–Trinajstić information content (AvgIpc) is 2.96. The minimum absolute atomic E-state index is 0.0806. The number of hydrogen-bond acceptors (Lipinski definition) is 1. The summed E-state index contributed by atoms with van der Waals surface area (Å²) in [7, 11) is 0. The van der Waals surface area contributed by atoms with Gasteiger partial charge in [-0.3, -0.25) is 4.79 Å². The highest BCUT2D eigenvalue weighted by Crippen LogP contribution is 2.18. The first-order chi connectivity index (χ1) is 10.7. The SMILES string of the molecule is CCN(Cc1ccccc1)C(=O)c1cc2cc(F)ccc2[nH]1. The highest BCUT2D eigenvalue weighted by molar-refractivity contribution is 5.98. The Morgan fingerprint density at radius 3 is 2.64 bits per heavy atom. The molecule has 0 aliphatic rings. The molecular weight excluding hydrogens is 279 g/mol. The van der Waals surface area contributed by atoms with E-state index in [1.807, 2.05) is 37.3 Å². The number of fused-ring (bicyclic) bond motifs is 1. The first-order valence-corrected chi connectivity index (χ1v) is 7.29. The van der Waals surface area contributed by atoms with Crippen molar-refractivity contribution < 1.29 is 9.18 Å². The van der Waals surface area contributed by atoms with Crippen LogP contribution in [0.25, 0.3) is 10.9 Å². The Morgan fingerprint density at radius 1 is 1.14 bits per heavy atom. The van der Waals surface area contributed by atoms with Crippen molar-refractivity contribution in [1.29, 1.82) is 0 Å². The number of nitrogens with one attached hydrogen (secondary N) is 1. The fourth-order valence-corrected chi connectivity index (χ4v) is 2.52. The maximum Gasteiger partial charge on any atom is 0.270 e. The van der Waals surface area contributed by atoms with E-state index in [9.17, 15) is 9.18 Å². The van der Waals surface area contributed by atoms with Gasteiger partial charge in [0.2, 0.25) is 0 Å². The summed E-state index contributed by atoms with van der Waals surface area (Å²) in [4.78, 5) is 17.5. The van der Waals surface area contributed by atoms with Crippen LogP contribution < -0.4 is 0 Å². The summed E-state index contributed by atoms with van der Waals surface area (Å²) in [6.45, 7) is 3.11. The van der Waals surface area contributed by atoms with Gasteiger partial charge < -0.3 is 9.88 Å². The molecule has 0 saturated heterocycles. The Labute approximate surface area is 128 Å². The van der Waals surface area contributed by atoms with Crippen molar-refractivity contribution in [2.45, 2.75) is 13.5 Å². The molecule has 3 nitrogen and oxygen atoms in total. The van der Waals surface area contributed by atoms with Crippen LogP contribution in [0.1, 0.15) is 23.0 Å². The van der Waals surface area contributed by atoms with E-state index in [2.05, 4.69) is 4.98 Å². The fourth-order valence-electron chi connectivity index (χ4n) is 2.52. The Hall–Kier alpha value is -2.62. The fraction of sp³-hybridized carbons (Fsp3) is 0.167. The predicted octanol–water partition coefficient (Wildman–Crippen LogP) is 3.97. The lowest BCUT2D eigenvalue weighted by Crippen LogP contribution is -2.30. The van der Waals surface area contributed by atoms with Crippen molar-refractivity contribution in [1.82, 2.24) is 9.88 Å². The second kappa shape index (κ2) is 6.02. The van der Waals surface area contributed by atoms with Gasteiger partial charge in [0.25, 0.3) is 5.91 Å². The zero-order valence-corrected chi connectivity index (χ0v) is 12.3. The summed E-state index contributed by atoms with van der Waals surface area (Å²) in [6.07, 6.45) is 0. The van der Waals surface area contributed by atoms with Gasteiger partial charge in [0.05, 0.1) is 0 Å². The molecular formula is C18H17FN2O. The highest BCUT2D eigenvalue weighted by atomic mass is 19.1. The molecule has 1 heterocycles. The van der Waals surface area contributed by atoms with Gasteiger partial charge in [0, 0.05) is 24.0 Å². The molecule has 2 aromatic carbocycles.